The Morgan fingerprint density at radius 3 is 2.46 bits per heavy atom. The van der Waals surface area contributed by atoms with E-state index in [2.05, 4.69) is 26.7 Å². The van der Waals surface area contributed by atoms with Gasteiger partial charge in [-0.25, -0.2) is 19.1 Å². The van der Waals surface area contributed by atoms with Crippen LogP contribution in [0.15, 0.2) is 98.8 Å². The maximum absolute atomic E-state index is 14.0. The molecule has 1 aliphatic rings. The van der Waals surface area contributed by atoms with Crippen molar-refractivity contribution in [2.75, 3.05) is 25.1 Å². The topological polar surface area (TPSA) is 135 Å². The highest BCUT2D eigenvalue weighted by molar-refractivity contribution is 5.40. The van der Waals surface area contributed by atoms with Gasteiger partial charge >= 0.3 is 18.0 Å². The lowest BCUT2D eigenvalue weighted by molar-refractivity contribution is -0.0498. The van der Waals surface area contributed by atoms with Crippen LogP contribution in [0.1, 0.15) is 36.1 Å². The number of aromatic nitrogens is 3. The van der Waals surface area contributed by atoms with E-state index in [1.807, 2.05) is 56.3 Å². The number of nitrogens with two attached hydrogens (primary N) is 1. The Morgan fingerprint density at radius 2 is 1.75 bits per heavy atom. The summed E-state index contributed by atoms with van der Waals surface area (Å²) in [5.41, 5.74) is 8.27. The lowest BCUT2D eigenvalue weighted by atomic mass is 9.84. The van der Waals surface area contributed by atoms with Crippen LogP contribution in [0.25, 0.3) is 0 Å². The Kier molecular flexibility index (Phi) is 10.7. The zero-order valence-electron chi connectivity index (χ0n) is 26.8. The average Bonchev–Trinajstić information content (AvgIpc) is 3.53. The van der Waals surface area contributed by atoms with Gasteiger partial charge in [-0.1, -0.05) is 68.4 Å². The lowest BCUT2D eigenvalue weighted by Crippen LogP contribution is -2.43. The van der Waals surface area contributed by atoms with Crippen molar-refractivity contribution in [2.24, 2.45) is 16.1 Å². The van der Waals surface area contributed by atoms with Gasteiger partial charge in [0, 0.05) is 18.4 Å². The molecule has 3 N–H and O–H groups in total. The van der Waals surface area contributed by atoms with Crippen LogP contribution in [-0.4, -0.2) is 47.2 Å². The van der Waals surface area contributed by atoms with E-state index >= 15 is 0 Å². The van der Waals surface area contributed by atoms with E-state index in [9.17, 15) is 18.4 Å². The van der Waals surface area contributed by atoms with Crippen LogP contribution in [0, 0.1) is 5.41 Å². The predicted octanol–water partition coefficient (Wildman–Crippen LogP) is 4.56. The standard InChI is InChI=1S/C35H38F2N6O5/c1-35(2,22-46-21-24-7-5-4-6-8-24)28(30(38)39-3)18-40-32-41-33(44)43(20-25-11-14-29-26(17-25)15-16-47-29)34(45)42(32)19-23-9-12-27(13-10-23)48-31(36)37/h4-14,17,31H,3,15-16,18-22,38H2,1-2H3,(H,40,41,44)/b30-28-. The quantitative estimate of drug-likeness (QED) is 0.177. The summed E-state index contributed by atoms with van der Waals surface area (Å²) < 4.78 is 43.9. The van der Waals surface area contributed by atoms with E-state index in [0.29, 0.717) is 24.4 Å². The Morgan fingerprint density at radius 1 is 1.04 bits per heavy atom. The summed E-state index contributed by atoms with van der Waals surface area (Å²) in [4.78, 5) is 35.6. The molecule has 0 saturated carbocycles. The average molecular weight is 661 g/mol. The molecule has 0 aliphatic carbocycles. The van der Waals surface area contributed by atoms with Gasteiger partial charge in [-0.05, 0) is 52.7 Å². The molecule has 4 aromatic rings. The predicted molar refractivity (Wildman–Crippen MR) is 179 cm³/mol. The molecule has 1 aromatic heterocycles. The molecule has 48 heavy (non-hydrogen) atoms. The van der Waals surface area contributed by atoms with Crippen molar-refractivity contribution in [2.45, 2.75) is 46.6 Å². The molecule has 252 valence electrons. The van der Waals surface area contributed by atoms with Crippen molar-refractivity contribution in [1.82, 2.24) is 14.1 Å². The van der Waals surface area contributed by atoms with Crippen LogP contribution in [0.3, 0.4) is 0 Å². The summed E-state index contributed by atoms with van der Waals surface area (Å²) >= 11 is 0. The van der Waals surface area contributed by atoms with Crippen LogP contribution in [-0.2, 0) is 30.9 Å². The second kappa shape index (κ2) is 15.1. The van der Waals surface area contributed by atoms with Gasteiger partial charge in [-0.2, -0.15) is 13.8 Å². The highest BCUT2D eigenvalue weighted by atomic mass is 19.3. The van der Waals surface area contributed by atoms with Gasteiger partial charge < -0.3 is 25.3 Å². The summed E-state index contributed by atoms with van der Waals surface area (Å²) in [5, 5.41) is 3.12. The summed E-state index contributed by atoms with van der Waals surface area (Å²) in [6.07, 6.45) is 0.737. The monoisotopic (exact) mass is 660 g/mol. The van der Waals surface area contributed by atoms with Gasteiger partial charge in [0.15, 0.2) is 0 Å². The molecule has 2 heterocycles. The van der Waals surface area contributed by atoms with Crippen molar-refractivity contribution in [3.05, 3.63) is 127 Å². The van der Waals surface area contributed by atoms with E-state index in [1.165, 1.54) is 16.7 Å². The third kappa shape index (κ3) is 8.34. The Hall–Kier alpha value is -5.30. The zero-order valence-corrected chi connectivity index (χ0v) is 26.8. The summed E-state index contributed by atoms with van der Waals surface area (Å²) in [7, 11) is 0. The molecular weight excluding hydrogens is 622 g/mol. The highest BCUT2D eigenvalue weighted by Gasteiger charge is 2.27. The molecule has 3 aromatic carbocycles. The van der Waals surface area contributed by atoms with Gasteiger partial charge in [0.2, 0.25) is 5.95 Å². The minimum Gasteiger partial charge on any atom is -0.493 e. The molecule has 1 aliphatic heterocycles. The number of benzene rings is 3. The van der Waals surface area contributed by atoms with Crippen molar-refractivity contribution in [1.29, 1.82) is 0 Å². The van der Waals surface area contributed by atoms with Gasteiger partial charge in [-0.3, -0.25) is 4.57 Å². The zero-order chi connectivity index (χ0) is 34.3. The van der Waals surface area contributed by atoms with E-state index < -0.39 is 23.4 Å². The second-order valence-corrected chi connectivity index (χ2v) is 12.0. The molecule has 0 unspecified atom stereocenters. The molecular formula is C35H38F2N6O5. The molecule has 0 amide bonds. The number of ether oxygens (including phenoxy) is 3. The van der Waals surface area contributed by atoms with Crippen molar-refractivity contribution in [3.8, 4) is 11.5 Å². The van der Waals surface area contributed by atoms with Crippen LogP contribution in [0.4, 0.5) is 14.7 Å². The fourth-order valence-corrected chi connectivity index (χ4v) is 5.45. The molecule has 5 rings (SSSR count). The van der Waals surface area contributed by atoms with Gasteiger partial charge in [0.25, 0.3) is 0 Å². The third-order valence-electron chi connectivity index (χ3n) is 8.03. The molecule has 0 spiro atoms. The Bertz CT molecular complexity index is 1890. The molecule has 0 saturated heterocycles. The first-order chi connectivity index (χ1) is 23.0. The highest BCUT2D eigenvalue weighted by Crippen LogP contribution is 2.30. The summed E-state index contributed by atoms with van der Waals surface area (Å²) in [5.74, 6) is 0.924. The minimum atomic E-state index is -2.97. The molecule has 11 nitrogen and oxygen atoms in total. The normalized spacial score (nSPS) is 13.1. The first kappa shape index (κ1) is 34.0. The number of nitrogens with one attached hydrogen (secondary N) is 1. The number of hydrogen-bond donors (Lipinski definition) is 2. The number of hydrogen-bond acceptors (Lipinski definition) is 9. The number of halogens is 2. The SMILES string of the molecule is C=N/C(N)=C(/CNc1nc(=O)n(Cc2ccc3c(c2)CCO3)c(=O)n1Cc1ccc(OC(F)F)cc1)C(C)(C)COCc1ccccc1. The van der Waals surface area contributed by atoms with E-state index in [4.69, 9.17) is 15.2 Å². The van der Waals surface area contributed by atoms with Gasteiger partial charge in [0.1, 0.15) is 17.3 Å². The Balaban J connectivity index is 1.44. The molecule has 0 radical (unpaired) electrons. The van der Waals surface area contributed by atoms with Crippen molar-refractivity contribution in [3.63, 3.8) is 0 Å². The minimum absolute atomic E-state index is 0.00752. The largest absolute Gasteiger partial charge is 0.493 e. The maximum atomic E-state index is 14.0. The number of fused-ring (bicyclic) bond motifs is 1. The van der Waals surface area contributed by atoms with Gasteiger partial charge in [0.05, 0.1) is 32.9 Å². The third-order valence-corrected chi connectivity index (χ3v) is 8.03. The molecule has 0 fully saturated rings. The number of rotatable bonds is 15. The summed E-state index contributed by atoms with van der Waals surface area (Å²) in [6.45, 7) is 5.78. The van der Waals surface area contributed by atoms with Crippen LogP contribution in [0.5, 0.6) is 11.5 Å². The summed E-state index contributed by atoms with van der Waals surface area (Å²) in [6, 6.07) is 21.2. The maximum Gasteiger partial charge on any atom is 0.387 e. The van der Waals surface area contributed by atoms with Crippen LogP contribution < -0.4 is 31.9 Å². The van der Waals surface area contributed by atoms with Crippen LogP contribution >= 0.6 is 0 Å². The Labute approximate surface area is 276 Å². The number of aliphatic imine (C=N–C) groups is 1. The molecule has 0 atom stereocenters. The number of alkyl halides is 2. The van der Waals surface area contributed by atoms with Crippen molar-refractivity contribution < 1.29 is 23.0 Å². The molecule has 13 heteroatoms. The van der Waals surface area contributed by atoms with E-state index in [0.717, 1.165) is 33.4 Å². The first-order valence-corrected chi connectivity index (χ1v) is 15.4. The molecule has 0 bridgehead atoms. The number of anilines is 1. The lowest BCUT2D eigenvalue weighted by Gasteiger charge is -2.29. The fraction of sp³-hybridized carbons (Fsp3) is 0.314. The smallest absolute Gasteiger partial charge is 0.387 e. The van der Waals surface area contributed by atoms with E-state index in [-0.39, 0.29) is 43.8 Å². The van der Waals surface area contributed by atoms with Crippen molar-refractivity contribution >= 4 is 12.7 Å². The van der Waals surface area contributed by atoms with E-state index in [1.54, 1.807) is 18.2 Å². The first-order valence-electron chi connectivity index (χ1n) is 15.4. The number of nitrogens with zero attached hydrogens (tertiary/aromatic N) is 4. The van der Waals surface area contributed by atoms with Crippen LogP contribution in [0.2, 0.25) is 0 Å². The fourth-order valence-electron chi connectivity index (χ4n) is 5.45. The van der Waals surface area contributed by atoms with Gasteiger partial charge in [-0.15, -0.1) is 0 Å². The second-order valence-electron chi connectivity index (χ2n) is 12.0.